The molecule has 0 fully saturated rings. The number of hydrogen-bond donors (Lipinski definition) is 1. The highest BCUT2D eigenvalue weighted by Gasteiger charge is 2.12. The van der Waals surface area contributed by atoms with Crippen molar-refractivity contribution in [1.82, 2.24) is 10.3 Å². The van der Waals surface area contributed by atoms with E-state index in [1.807, 2.05) is 18.2 Å². The molecular formula is C14H20N2O2. The van der Waals surface area contributed by atoms with Crippen molar-refractivity contribution < 1.29 is 9.15 Å². The summed E-state index contributed by atoms with van der Waals surface area (Å²) in [7, 11) is 1.64. The maximum Gasteiger partial charge on any atom is 0.196 e. The number of nitrogens with zero attached hydrogens (tertiary/aromatic N) is 1. The molecule has 18 heavy (non-hydrogen) atoms. The van der Waals surface area contributed by atoms with Crippen LogP contribution in [0.4, 0.5) is 0 Å². The maximum atomic E-state index is 5.69. The smallest absolute Gasteiger partial charge is 0.196 e. The first kappa shape index (κ1) is 12.9. The van der Waals surface area contributed by atoms with Gasteiger partial charge in [0, 0.05) is 18.5 Å². The molecule has 1 heterocycles. The van der Waals surface area contributed by atoms with E-state index in [9.17, 15) is 0 Å². The number of fused-ring (bicyclic) bond motifs is 1. The molecule has 0 aliphatic heterocycles. The highest BCUT2D eigenvalue weighted by atomic mass is 16.5. The van der Waals surface area contributed by atoms with E-state index < -0.39 is 0 Å². The van der Waals surface area contributed by atoms with Gasteiger partial charge in [-0.3, -0.25) is 0 Å². The van der Waals surface area contributed by atoms with Crippen molar-refractivity contribution in [3.8, 4) is 5.75 Å². The van der Waals surface area contributed by atoms with Crippen molar-refractivity contribution in [2.24, 2.45) is 0 Å². The Bertz CT molecular complexity index is 526. The maximum absolute atomic E-state index is 5.69. The standard InChI is InChI=1S/C14H20N2O2/c1-14(2,3)15-9-8-12-16-13-10(17-4)6-5-7-11(13)18-12/h5-7,15H,8-9H2,1-4H3. The lowest BCUT2D eigenvalue weighted by Crippen LogP contribution is -2.37. The van der Waals surface area contributed by atoms with Gasteiger partial charge in [0.25, 0.3) is 0 Å². The zero-order chi connectivity index (χ0) is 13.2. The summed E-state index contributed by atoms with van der Waals surface area (Å²) in [4.78, 5) is 4.47. The minimum Gasteiger partial charge on any atom is -0.494 e. The lowest BCUT2D eigenvalue weighted by atomic mass is 10.1. The van der Waals surface area contributed by atoms with Crippen molar-refractivity contribution in [3.05, 3.63) is 24.1 Å². The van der Waals surface area contributed by atoms with Crippen molar-refractivity contribution in [2.45, 2.75) is 32.7 Å². The van der Waals surface area contributed by atoms with Crippen molar-refractivity contribution in [1.29, 1.82) is 0 Å². The molecule has 1 aromatic carbocycles. The second-order valence-electron chi connectivity index (χ2n) is 5.34. The van der Waals surface area contributed by atoms with Crippen LogP contribution in [0.25, 0.3) is 11.1 Å². The zero-order valence-corrected chi connectivity index (χ0v) is 11.4. The van der Waals surface area contributed by atoms with Crippen LogP contribution in [0.15, 0.2) is 22.6 Å². The van der Waals surface area contributed by atoms with Gasteiger partial charge in [0.05, 0.1) is 7.11 Å². The predicted molar refractivity (Wildman–Crippen MR) is 72.0 cm³/mol. The molecule has 98 valence electrons. The fourth-order valence-electron chi connectivity index (χ4n) is 1.79. The molecule has 0 amide bonds. The largest absolute Gasteiger partial charge is 0.494 e. The fourth-order valence-corrected chi connectivity index (χ4v) is 1.79. The Hall–Kier alpha value is -1.55. The highest BCUT2D eigenvalue weighted by molar-refractivity contribution is 5.79. The Balaban J connectivity index is 2.11. The minimum absolute atomic E-state index is 0.115. The van der Waals surface area contributed by atoms with Crippen LogP contribution in [-0.2, 0) is 6.42 Å². The Morgan fingerprint density at radius 2 is 2.11 bits per heavy atom. The van der Waals surface area contributed by atoms with Crippen LogP contribution in [0.3, 0.4) is 0 Å². The van der Waals surface area contributed by atoms with Gasteiger partial charge in [-0.05, 0) is 32.9 Å². The van der Waals surface area contributed by atoms with Gasteiger partial charge >= 0.3 is 0 Å². The third-order valence-electron chi connectivity index (χ3n) is 2.64. The Kier molecular flexibility index (Phi) is 3.57. The minimum atomic E-state index is 0.115. The van der Waals surface area contributed by atoms with E-state index in [1.54, 1.807) is 7.11 Å². The highest BCUT2D eigenvalue weighted by Crippen LogP contribution is 2.25. The summed E-state index contributed by atoms with van der Waals surface area (Å²) in [5, 5.41) is 3.41. The number of oxazole rings is 1. The summed E-state index contributed by atoms with van der Waals surface area (Å²) in [6.45, 7) is 7.27. The molecule has 2 rings (SSSR count). The summed E-state index contributed by atoms with van der Waals surface area (Å²) in [6.07, 6.45) is 0.773. The number of methoxy groups -OCH3 is 1. The van der Waals surface area contributed by atoms with E-state index >= 15 is 0 Å². The average Bonchev–Trinajstić information content (AvgIpc) is 2.69. The number of hydrogen-bond acceptors (Lipinski definition) is 4. The molecule has 0 bridgehead atoms. The number of para-hydroxylation sites is 1. The van der Waals surface area contributed by atoms with Crippen LogP contribution in [-0.4, -0.2) is 24.2 Å². The van der Waals surface area contributed by atoms with Gasteiger partial charge in [-0.25, -0.2) is 4.98 Å². The van der Waals surface area contributed by atoms with Crippen LogP contribution in [0.5, 0.6) is 5.75 Å². The van der Waals surface area contributed by atoms with E-state index in [0.717, 1.165) is 35.7 Å². The third-order valence-corrected chi connectivity index (χ3v) is 2.64. The molecule has 2 aromatic rings. The number of nitrogens with one attached hydrogen (secondary N) is 1. The van der Waals surface area contributed by atoms with Crippen molar-refractivity contribution >= 4 is 11.1 Å². The average molecular weight is 248 g/mol. The molecule has 0 saturated carbocycles. The lowest BCUT2D eigenvalue weighted by Gasteiger charge is -2.19. The molecule has 0 spiro atoms. The SMILES string of the molecule is COc1cccc2oc(CCNC(C)(C)C)nc12. The van der Waals surface area contributed by atoms with Crippen molar-refractivity contribution in [2.75, 3.05) is 13.7 Å². The molecular weight excluding hydrogens is 228 g/mol. The topological polar surface area (TPSA) is 47.3 Å². The molecule has 0 unspecified atom stereocenters. The number of benzene rings is 1. The van der Waals surface area contributed by atoms with Gasteiger partial charge in [0.1, 0.15) is 5.75 Å². The van der Waals surface area contributed by atoms with Crippen LogP contribution in [0, 0.1) is 0 Å². The van der Waals surface area contributed by atoms with Gasteiger partial charge in [0.15, 0.2) is 17.0 Å². The zero-order valence-electron chi connectivity index (χ0n) is 11.4. The first-order valence-electron chi connectivity index (χ1n) is 6.17. The molecule has 0 radical (unpaired) electrons. The molecule has 0 atom stereocenters. The molecule has 1 N–H and O–H groups in total. The summed E-state index contributed by atoms with van der Waals surface area (Å²) in [5.74, 6) is 1.50. The summed E-state index contributed by atoms with van der Waals surface area (Å²) < 4.78 is 11.0. The number of rotatable bonds is 4. The van der Waals surface area contributed by atoms with Crippen LogP contribution in [0.1, 0.15) is 26.7 Å². The van der Waals surface area contributed by atoms with E-state index in [0.29, 0.717) is 0 Å². The van der Waals surface area contributed by atoms with Gasteiger partial charge in [-0.15, -0.1) is 0 Å². The van der Waals surface area contributed by atoms with Crippen LogP contribution >= 0.6 is 0 Å². The summed E-state index contributed by atoms with van der Waals surface area (Å²) >= 11 is 0. The molecule has 4 nitrogen and oxygen atoms in total. The monoisotopic (exact) mass is 248 g/mol. The molecule has 1 aromatic heterocycles. The van der Waals surface area contributed by atoms with Crippen molar-refractivity contribution in [3.63, 3.8) is 0 Å². The first-order valence-corrected chi connectivity index (χ1v) is 6.17. The van der Waals surface area contributed by atoms with E-state index in [-0.39, 0.29) is 5.54 Å². The summed E-state index contributed by atoms with van der Waals surface area (Å²) in [6, 6.07) is 5.71. The van der Waals surface area contributed by atoms with Gasteiger partial charge in [-0.2, -0.15) is 0 Å². The normalized spacial score (nSPS) is 12.0. The predicted octanol–water partition coefficient (Wildman–Crippen LogP) is 2.77. The van der Waals surface area contributed by atoms with E-state index in [4.69, 9.17) is 9.15 Å². The molecule has 0 aliphatic carbocycles. The van der Waals surface area contributed by atoms with Crippen LogP contribution in [0.2, 0.25) is 0 Å². The molecule has 0 saturated heterocycles. The van der Waals surface area contributed by atoms with E-state index in [2.05, 4.69) is 31.1 Å². The number of ether oxygens (including phenoxy) is 1. The second-order valence-corrected chi connectivity index (χ2v) is 5.34. The molecule has 0 aliphatic rings. The Morgan fingerprint density at radius 1 is 1.33 bits per heavy atom. The Morgan fingerprint density at radius 3 is 2.78 bits per heavy atom. The quantitative estimate of drug-likeness (QED) is 0.903. The fraction of sp³-hybridized carbons (Fsp3) is 0.500. The van der Waals surface area contributed by atoms with Crippen LogP contribution < -0.4 is 10.1 Å². The second kappa shape index (κ2) is 4.98. The summed E-state index contributed by atoms with van der Waals surface area (Å²) in [5.41, 5.74) is 1.69. The van der Waals surface area contributed by atoms with Gasteiger partial charge in [-0.1, -0.05) is 6.07 Å². The number of aromatic nitrogens is 1. The van der Waals surface area contributed by atoms with Gasteiger partial charge < -0.3 is 14.5 Å². The Labute approximate surface area is 107 Å². The van der Waals surface area contributed by atoms with E-state index in [1.165, 1.54) is 0 Å². The lowest BCUT2D eigenvalue weighted by molar-refractivity contribution is 0.414. The molecule has 4 heteroatoms. The van der Waals surface area contributed by atoms with Gasteiger partial charge in [0.2, 0.25) is 0 Å². The third kappa shape index (κ3) is 3.01. The first-order chi connectivity index (χ1) is 8.49.